The number of aryl methyl sites for hydroxylation is 1. The van der Waals surface area contributed by atoms with Gasteiger partial charge in [0.15, 0.2) is 0 Å². The van der Waals surface area contributed by atoms with Crippen LogP contribution in [0, 0.1) is 18.8 Å². The molecule has 7 heteroatoms. The number of hydrogen-bond donors (Lipinski definition) is 3. The highest BCUT2D eigenvalue weighted by Gasteiger charge is 2.44. The van der Waals surface area contributed by atoms with Crippen LogP contribution in [0.3, 0.4) is 0 Å². The molecule has 0 spiro atoms. The monoisotopic (exact) mass is 468 g/mol. The molecule has 3 fully saturated rings. The van der Waals surface area contributed by atoms with Gasteiger partial charge in [0.25, 0.3) is 0 Å². The maximum Gasteiger partial charge on any atom is 0.237 e. The molecule has 1 aromatic carbocycles. The summed E-state index contributed by atoms with van der Waals surface area (Å²) in [6.45, 7) is 6.03. The van der Waals surface area contributed by atoms with Gasteiger partial charge in [0.1, 0.15) is 11.5 Å². The van der Waals surface area contributed by atoms with Crippen molar-refractivity contribution in [2.24, 2.45) is 11.8 Å². The van der Waals surface area contributed by atoms with Gasteiger partial charge < -0.3 is 10.6 Å². The van der Waals surface area contributed by atoms with Gasteiger partial charge in [0.05, 0.1) is 6.04 Å². The quantitative estimate of drug-likeness (QED) is 0.633. The summed E-state index contributed by atoms with van der Waals surface area (Å²) >= 11 is 1.60. The van der Waals surface area contributed by atoms with Crippen molar-refractivity contribution in [3.05, 3.63) is 40.8 Å². The van der Waals surface area contributed by atoms with E-state index in [-0.39, 0.29) is 35.3 Å². The summed E-state index contributed by atoms with van der Waals surface area (Å²) in [5.74, 6) is 1.20. The van der Waals surface area contributed by atoms with Crippen LogP contribution in [0.15, 0.2) is 29.7 Å². The normalized spacial score (nSPS) is 33.2. The molecule has 3 N–H and O–H groups in total. The molecule has 1 saturated carbocycles. The number of carbonyl (C=O) groups excluding carboxylic acids is 2. The van der Waals surface area contributed by atoms with Gasteiger partial charge in [-0.2, -0.15) is 0 Å². The van der Waals surface area contributed by atoms with Crippen molar-refractivity contribution >= 4 is 29.1 Å². The number of rotatable bonds is 4. The molecule has 3 heterocycles. The summed E-state index contributed by atoms with van der Waals surface area (Å²) in [4.78, 5) is 28.0. The van der Waals surface area contributed by atoms with E-state index in [0.717, 1.165) is 44.7 Å². The summed E-state index contributed by atoms with van der Waals surface area (Å²) in [5.41, 5.74) is 3.61. The lowest BCUT2D eigenvalue weighted by Gasteiger charge is -2.43. The van der Waals surface area contributed by atoms with Crippen molar-refractivity contribution in [2.45, 2.75) is 76.0 Å². The first-order chi connectivity index (χ1) is 16.0. The summed E-state index contributed by atoms with van der Waals surface area (Å²) in [6, 6.07) is 8.85. The standard InChI is InChI=1S/C26H36N4O2S/c1-16-6-8-20(9-7-16)27-24(31)18-10-12-30(13-11-18)26-28-22-21(15-33-23(22)25(32)29-26)19-5-3-4-17(2)14-19/h3-5,14-16,18,20,22-23,26,28H,6-13H2,1-2H3,(H,27,31)(H,29,32). The van der Waals surface area contributed by atoms with Gasteiger partial charge in [-0.25, -0.2) is 0 Å². The van der Waals surface area contributed by atoms with E-state index in [9.17, 15) is 9.59 Å². The predicted molar refractivity (Wildman–Crippen MR) is 133 cm³/mol. The largest absolute Gasteiger partial charge is 0.353 e. The Hall–Kier alpha value is -1.83. The number of benzene rings is 1. The molecule has 6 nitrogen and oxygen atoms in total. The van der Waals surface area contributed by atoms with Crippen LogP contribution in [-0.4, -0.2) is 53.4 Å². The lowest BCUT2D eigenvalue weighted by molar-refractivity contribution is -0.130. The first-order valence-electron chi connectivity index (χ1n) is 12.5. The van der Waals surface area contributed by atoms with Crippen molar-refractivity contribution in [2.75, 3.05) is 13.1 Å². The topological polar surface area (TPSA) is 73.5 Å². The van der Waals surface area contributed by atoms with Crippen LogP contribution >= 0.6 is 11.8 Å². The third kappa shape index (κ3) is 5.00. The highest BCUT2D eigenvalue weighted by Crippen LogP contribution is 2.39. The number of piperidine rings is 1. The fourth-order valence-corrected chi connectivity index (χ4v) is 6.84. The number of nitrogens with zero attached hydrogens (tertiary/aromatic N) is 1. The molecule has 3 atom stereocenters. The number of nitrogens with one attached hydrogen (secondary N) is 3. The lowest BCUT2D eigenvalue weighted by atomic mass is 9.86. The zero-order valence-electron chi connectivity index (χ0n) is 19.7. The van der Waals surface area contributed by atoms with Gasteiger partial charge in [-0.05, 0) is 67.9 Å². The Balaban J connectivity index is 1.17. The van der Waals surface area contributed by atoms with Gasteiger partial charge >= 0.3 is 0 Å². The average molecular weight is 469 g/mol. The van der Waals surface area contributed by atoms with Gasteiger partial charge in [-0.1, -0.05) is 36.8 Å². The van der Waals surface area contributed by atoms with Crippen molar-refractivity contribution in [1.29, 1.82) is 0 Å². The van der Waals surface area contributed by atoms with E-state index >= 15 is 0 Å². The number of carbonyl (C=O) groups is 2. The Morgan fingerprint density at radius 1 is 1.12 bits per heavy atom. The van der Waals surface area contributed by atoms with Gasteiger partial charge in [-0.3, -0.25) is 19.8 Å². The Bertz CT molecular complexity index is 919. The number of thioether (sulfide) groups is 1. The number of fused-ring (bicyclic) bond motifs is 1. The summed E-state index contributed by atoms with van der Waals surface area (Å²) in [6.07, 6.45) is 6.15. The maximum absolute atomic E-state index is 12.9. The lowest BCUT2D eigenvalue weighted by Crippen LogP contribution is -2.68. The Morgan fingerprint density at radius 2 is 1.88 bits per heavy atom. The Kier molecular flexibility index (Phi) is 6.81. The first-order valence-corrected chi connectivity index (χ1v) is 13.5. The molecule has 0 radical (unpaired) electrons. The Morgan fingerprint density at radius 3 is 2.61 bits per heavy atom. The first kappa shape index (κ1) is 22.9. The van der Waals surface area contributed by atoms with E-state index < -0.39 is 0 Å². The molecule has 33 heavy (non-hydrogen) atoms. The summed E-state index contributed by atoms with van der Waals surface area (Å²) in [5, 5.41) is 12.2. The van der Waals surface area contributed by atoms with Crippen molar-refractivity contribution < 1.29 is 9.59 Å². The molecule has 178 valence electrons. The second-order valence-corrected chi connectivity index (χ2v) is 11.3. The third-order valence-corrected chi connectivity index (χ3v) is 9.00. The minimum atomic E-state index is -0.186. The minimum Gasteiger partial charge on any atom is -0.353 e. The molecule has 0 bridgehead atoms. The van der Waals surface area contributed by atoms with Crippen LogP contribution in [0.4, 0.5) is 0 Å². The van der Waals surface area contributed by atoms with Crippen LogP contribution in [0.2, 0.25) is 0 Å². The van der Waals surface area contributed by atoms with Crippen LogP contribution < -0.4 is 16.0 Å². The highest BCUT2D eigenvalue weighted by atomic mass is 32.2. The number of hydrogen-bond acceptors (Lipinski definition) is 5. The molecular weight excluding hydrogens is 432 g/mol. The van der Waals surface area contributed by atoms with Crippen LogP contribution in [0.25, 0.3) is 5.57 Å². The molecule has 5 rings (SSSR count). The van der Waals surface area contributed by atoms with Crippen LogP contribution in [-0.2, 0) is 9.59 Å². The number of likely N-dealkylation sites (tertiary alicyclic amines) is 1. The van der Waals surface area contributed by atoms with Crippen molar-refractivity contribution in [1.82, 2.24) is 20.9 Å². The molecule has 3 unspecified atom stereocenters. The summed E-state index contributed by atoms with van der Waals surface area (Å²) < 4.78 is 0. The van der Waals surface area contributed by atoms with Gasteiger partial charge in [-0.15, -0.1) is 11.8 Å². The van der Waals surface area contributed by atoms with Gasteiger partial charge in [0, 0.05) is 25.0 Å². The zero-order valence-corrected chi connectivity index (χ0v) is 20.5. The molecular formula is C26H36N4O2S. The molecule has 3 aliphatic heterocycles. The molecule has 2 saturated heterocycles. The van der Waals surface area contributed by atoms with E-state index in [1.165, 1.54) is 29.5 Å². The van der Waals surface area contributed by atoms with E-state index in [1.807, 2.05) is 0 Å². The van der Waals surface area contributed by atoms with Crippen molar-refractivity contribution in [3.8, 4) is 0 Å². The van der Waals surface area contributed by atoms with E-state index in [1.54, 1.807) is 11.8 Å². The smallest absolute Gasteiger partial charge is 0.237 e. The SMILES string of the molecule is Cc1cccc(C2=CSC3C(=O)NC(N4CCC(C(=O)NC5CCC(C)CC5)CC4)NC23)c1. The Labute approximate surface area is 201 Å². The third-order valence-electron chi connectivity index (χ3n) is 7.83. The number of amides is 2. The second-order valence-electron chi connectivity index (χ2n) is 10.3. The minimum absolute atomic E-state index is 0.00488. The van der Waals surface area contributed by atoms with Gasteiger partial charge in [0.2, 0.25) is 11.8 Å². The summed E-state index contributed by atoms with van der Waals surface area (Å²) in [7, 11) is 0. The second kappa shape index (κ2) is 9.80. The molecule has 0 aromatic heterocycles. The fraction of sp³-hybridized carbons (Fsp3) is 0.615. The molecule has 4 aliphatic rings. The van der Waals surface area contributed by atoms with E-state index in [4.69, 9.17) is 0 Å². The molecule has 2 amide bonds. The predicted octanol–water partition coefficient (Wildman–Crippen LogP) is 3.23. The van der Waals surface area contributed by atoms with Crippen LogP contribution in [0.1, 0.15) is 56.6 Å². The zero-order chi connectivity index (χ0) is 22.9. The molecule has 1 aliphatic carbocycles. The van der Waals surface area contributed by atoms with Crippen molar-refractivity contribution in [3.63, 3.8) is 0 Å². The maximum atomic E-state index is 12.9. The fourth-order valence-electron chi connectivity index (χ4n) is 5.69. The average Bonchev–Trinajstić information content (AvgIpc) is 3.25. The molecule has 1 aromatic rings. The van der Waals surface area contributed by atoms with E-state index in [2.05, 4.69) is 64.4 Å². The van der Waals surface area contributed by atoms with E-state index in [0.29, 0.717) is 6.04 Å². The van der Waals surface area contributed by atoms with Crippen LogP contribution in [0.5, 0.6) is 0 Å². The highest BCUT2D eigenvalue weighted by molar-refractivity contribution is 8.04.